The second-order valence-electron chi connectivity index (χ2n) is 6.50. The minimum Gasteiger partial charge on any atom is -0.468 e. The summed E-state index contributed by atoms with van der Waals surface area (Å²) in [5.74, 6) is -0.0757. The zero-order valence-electron chi connectivity index (χ0n) is 13.3. The lowest BCUT2D eigenvalue weighted by atomic mass is 9.96. The SMILES string of the molecule is CCCNC1(C(=O)OC)CCC(N(C)C2CCCC2)C1. The van der Waals surface area contributed by atoms with E-state index in [2.05, 4.69) is 24.2 Å². The van der Waals surface area contributed by atoms with Gasteiger partial charge in [-0.05, 0) is 52.1 Å². The lowest BCUT2D eigenvalue weighted by molar-refractivity contribution is -0.148. The third-order valence-electron chi connectivity index (χ3n) is 5.25. The van der Waals surface area contributed by atoms with E-state index in [1.54, 1.807) is 0 Å². The molecule has 0 aromatic heterocycles. The van der Waals surface area contributed by atoms with Crippen LogP contribution in [0.4, 0.5) is 0 Å². The normalized spacial score (nSPS) is 31.1. The highest BCUT2D eigenvalue weighted by atomic mass is 16.5. The molecular weight excluding hydrogens is 252 g/mol. The number of hydrogen-bond acceptors (Lipinski definition) is 4. The van der Waals surface area contributed by atoms with Crippen molar-refractivity contribution in [3.05, 3.63) is 0 Å². The molecule has 0 amide bonds. The lowest BCUT2D eigenvalue weighted by Crippen LogP contribution is -2.52. The number of hydrogen-bond donors (Lipinski definition) is 1. The zero-order valence-corrected chi connectivity index (χ0v) is 13.3. The average molecular weight is 282 g/mol. The van der Waals surface area contributed by atoms with Crippen molar-refractivity contribution >= 4 is 5.97 Å². The maximum absolute atomic E-state index is 12.2. The number of esters is 1. The molecule has 4 heteroatoms. The molecule has 20 heavy (non-hydrogen) atoms. The Bertz CT molecular complexity index is 328. The van der Waals surface area contributed by atoms with Crippen molar-refractivity contribution in [1.29, 1.82) is 0 Å². The van der Waals surface area contributed by atoms with Gasteiger partial charge in [0, 0.05) is 12.1 Å². The first-order chi connectivity index (χ1) is 9.63. The summed E-state index contributed by atoms with van der Waals surface area (Å²) in [4.78, 5) is 14.8. The molecule has 2 fully saturated rings. The molecule has 0 bridgehead atoms. The van der Waals surface area contributed by atoms with Crippen LogP contribution in [0, 0.1) is 0 Å². The molecule has 1 N–H and O–H groups in total. The first kappa shape index (κ1) is 15.8. The van der Waals surface area contributed by atoms with Gasteiger partial charge in [-0.1, -0.05) is 19.8 Å². The predicted molar refractivity (Wildman–Crippen MR) is 80.7 cm³/mol. The molecular formula is C16H30N2O2. The van der Waals surface area contributed by atoms with Crippen LogP contribution in [0.3, 0.4) is 0 Å². The predicted octanol–water partition coefficient (Wildman–Crippen LogP) is 2.32. The summed E-state index contributed by atoms with van der Waals surface area (Å²) in [7, 11) is 3.75. The zero-order chi connectivity index (χ0) is 14.6. The summed E-state index contributed by atoms with van der Waals surface area (Å²) < 4.78 is 5.07. The number of carbonyl (C=O) groups is 1. The molecule has 4 nitrogen and oxygen atoms in total. The van der Waals surface area contributed by atoms with E-state index in [0.717, 1.165) is 38.3 Å². The number of nitrogens with zero attached hydrogens (tertiary/aromatic N) is 1. The highest BCUT2D eigenvalue weighted by molar-refractivity contribution is 5.81. The van der Waals surface area contributed by atoms with E-state index in [9.17, 15) is 4.79 Å². The molecule has 2 aliphatic rings. The maximum Gasteiger partial charge on any atom is 0.326 e. The molecule has 0 aliphatic heterocycles. The fourth-order valence-electron chi connectivity index (χ4n) is 3.95. The van der Waals surface area contributed by atoms with Gasteiger partial charge >= 0.3 is 5.97 Å². The van der Waals surface area contributed by atoms with Crippen molar-refractivity contribution < 1.29 is 9.53 Å². The third kappa shape index (κ3) is 3.17. The van der Waals surface area contributed by atoms with E-state index in [1.807, 2.05) is 0 Å². The van der Waals surface area contributed by atoms with Crippen LogP contribution in [0.1, 0.15) is 58.3 Å². The molecule has 2 aliphatic carbocycles. The lowest BCUT2D eigenvalue weighted by Gasteiger charge is -2.33. The van der Waals surface area contributed by atoms with Crippen molar-refractivity contribution in [3.63, 3.8) is 0 Å². The van der Waals surface area contributed by atoms with Gasteiger partial charge in [0.05, 0.1) is 7.11 Å². The Kier molecular flexibility index (Phi) is 5.44. The molecule has 2 atom stereocenters. The van der Waals surface area contributed by atoms with Crippen molar-refractivity contribution in [2.24, 2.45) is 0 Å². The largest absolute Gasteiger partial charge is 0.468 e. The van der Waals surface area contributed by atoms with Gasteiger partial charge < -0.3 is 15.0 Å². The van der Waals surface area contributed by atoms with E-state index in [0.29, 0.717) is 6.04 Å². The molecule has 2 rings (SSSR count). The fourth-order valence-corrected chi connectivity index (χ4v) is 3.95. The van der Waals surface area contributed by atoms with Gasteiger partial charge in [0.2, 0.25) is 0 Å². The monoisotopic (exact) mass is 282 g/mol. The Labute approximate surface area is 123 Å². The molecule has 0 heterocycles. The summed E-state index contributed by atoms with van der Waals surface area (Å²) in [5, 5.41) is 3.47. The first-order valence-electron chi connectivity index (χ1n) is 8.18. The van der Waals surface area contributed by atoms with Gasteiger partial charge in [-0.15, -0.1) is 0 Å². The summed E-state index contributed by atoms with van der Waals surface area (Å²) in [6.45, 7) is 3.02. The molecule has 0 saturated heterocycles. The van der Waals surface area contributed by atoms with Crippen molar-refractivity contribution in [2.75, 3.05) is 20.7 Å². The second kappa shape index (κ2) is 6.90. The summed E-state index contributed by atoms with van der Waals surface area (Å²) >= 11 is 0. The quantitative estimate of drug-likeness (QED) is 0.759. The molecule has 0 aromatic rings. The minimum absolute atomic E-state index is 0.0757. The van der Waals surface area contributed by atoms with Crippen LogP contribution in [0.5, 0.6) is 0 Å². The molecule has 0 aromatic carbocycles. The van der Waals surface area contributed by atoms with Gasteiger partial charge in [-0.2, -0.15) is 0 Å². The standard InChI is InChI=1S/C16H30N2O2/c1-4-11-17-16(15(19)20-3)10-9-14(12-16)18(2)13-7-5-6-8-13/h13-14,17H,4-12H2,1-3H3. The van der Waals surface area contributed by atoms with E-state index in [4.69, 9.17) is 4.74 Å². The van der Waals surface area contributed by atoms with E-state index in [1.165, 1.54) is 32.8 Å². The summed E-state index contributed by atoms with van der Waals surface area (Å²) in [6, 6.07) is 1.24. The van der Waals surface area contributed by atoms with E-state index >= 15 is 0 Å². The van der Waals surface area contributed by atoms with Gasteiger partial charge in [-0.3, -0.25) is 4.79 Å². The average Bonchev–Trinajstić information content (AvgIpc) is 3.13. The Balaban J connectivity index is 2.00. The Morgan fingerprint density at radius 3 is 2.60 bits per heavy atom. The number of ether oxygens (including phenoxy) is 1. The molecule has 0 spiro atoms. The van der Waals surface area contributed by atoms with Gasteiger partial charge in [0.1, 0.15) is 5.54 Å². The van der Waals surface area contributed by atoms with Crippen LogP contribution in [0.2, 0.25) is 0 Å². The Morgan fingerprint density at radius 1 is 1.30 bits per heavy atom. The first-order valence-corrected chi connectivity index (χ1v) is 8.18. The summed E-state index contributed by atoms with van der Waals surface area (Å²) in [6.07, 6.45) is 9.30. The molecule has 116 valence electrons. The Morgan fingerprint density at radius 2 is 2.00 bits per heavy atom. The third-order valence-corrected chi connectivity index (χ3v) is 5.25. The van der Waals surface area contributed by atoms with Crippen LogP contribution in [0.15, 0.2) is 0 Å². The number of rotatable bonds is 6. The van der Waals surface area contributed by atoms with E-state index in [-0.39, 0.29) is 5.97 Å². The number of methoxy groups -OCH3 is 1. The van der Waals surface area contributed by atoms with Gasteiger partial charge in [0.25, 0.3) is 0 Å². The topological polar surface area (TPSA) is 41.6 Å². The van der Waals surface area contributed by atoms with Crippen LogP contribution >= 0.6 is 0 Å². The number of carbonyl (C=O) groups excluding carboxylic acids is 1. The van der Waals surface area contributed by atoms with Crippen molar-refractivity contribution in [1.82, 2.24) is 10.2 Å². The highest BCUT2D eigenvalue weighted by Crippen LogP contribution is 2.36. The van der Waals surface area contributed by atoms with Crippen LogP contribution in [0.25, 0.3) is 0 Å². The fraction of sp³-hybridized carbons (Fsp3) is 0.938. The van der Waals surface area contributed by atoms with Crippen LogP contribution in [-0.2, 0) is 9.53 Å². The summed E-state index contributed by atoms with van der Waals surface area (Å²) in [5.41, 5.74) is -0.442. The maximum atomic E-state index is 12.2. The minimum atomic E-state index is -0.442. The van der Waals surface area contributed by atoms with E-state index < -0.39 is 5.54 Å². The molecule has 0 radical (unpaired) electrons. The van der Waals surface area contributed by atoms with Crippen LogP contribution < -0.4 is 5.32 Å². The smallest absolute Gasteiger partial charge is 0.326 e. The van der Waals surface area contributed by atoms with Gasteiger partial charge in [0.15, 0.2) is 0 Å². The van der Waals surface area contributed by atoms with Crippen LogP contribution in [-0.4, -0.2) is 49.2 Å². The second-order valence-corrected chi connectivity index (χ2v) is 6.50. The Hall–Kier alpha value is -0.610. The van der Waals surface area contributed by atoms with Crippen molar-refractivity contribution in [3.8, 4) is 0 Å². The molecule has 2 saturated carbocycles. The molecule has 2 unspecified atom stereocenters. The highest BCUT2D eigenvalue weighted by Gasteiger charge is 2.47. The number of nitrogens with one attached hydrogen (secondary N) is 1. The van der Waals surface area contributed by atoms with Gasteiger partial charge in [-0.25, -0.2) is 0 Å². The van der Waals surface area contributed by atoms with Crippen molar-refractivity contribution in [2.45, 2.75) is 75.9 Å².